The molecule has 0 amide bonds. The van der Waals surface area contributed by atoms with Crippen LogP contribution in [-0.2, 0) is 16.6 Å². The van der Waals surface area contributed by atoms with Gasteiger partial charge in [0.05, 0.1) is 14.8 Å². The molecule has 0 heterocycles. The smallest absolute Gasteiger partial charge is 0.258 e. The van der Waals surface area contributed by atoms with Crippen molar-refractivity contribution in [1.29, 1.82) is 0 Å². The van der Waals surface area contributed by atoms with Gasteiger partial charge in [-0.1, -0.05) is 48.9 Å². The summed E-state index contributed by atoms with van der Waals surface area (Å²) in [6.45, 7) is 3.61. The lowest BCUT2D eigenvalue weighted by molar-refractivity contribution is -0.385. The Kier molecular flexibility index (Phi) is 5.58. The van der Waals surface area contributed by atoms with Gasteiger partial charge in [0.15, 0.2) is 0 Å². The number of sulfonamides is 1. The highest BCUT2D eigenvalue weighted by molar-refractivity contribution is 7.89. The molecule has 2 aromatic rings. The van der Waals surface area contributed by atoms with E-state index in [9.17, 15) is 18.5 Å². The number of nitrogens with zero attached hydrogens (tertiary/aromatic N) is 2. The molecule has 0 aliphatic carbocycles. The maximum Gasteiger partial charge on any atom is 0.275 e. The van der Waals surface area contributed by atoms with Crippen LogP contribution in [0.25, 0.3) is 0 Å². The van der Waals surface area contributed by atoms with Gasteiger partial charge in [-0.05, 0) is 18.6 Å². The van der Waals surface area contributed by atoms with Crippen LogP contribution < -0.4 is 0 Å². The fraction of sp³-hybridized carbons (Fsp3) is 0.250. The Morgan fingerprint density at radius 1 is 1.21 bits per heavy atom. The molecule has 0 N–H and O–H groups in total. The first-order chi connectivity index (χ1) is 11.3. The number of hydrogen-bond acceptors (Lipinski definition) is 4. The first-order valence-electron chi connectivity index (χ1n) is 7.26. The molecule has 0 bridgehead atoms. The molecule has 0 fully saturated rings. The summed E-state index contributed by atoms with van der Waals surface area (Å²) >= 11 is 5.99. The quantitative estimate of drug-likeness (QED) is 0.574. The van der Waals surface area contributed by atoms with Crippen LogP contribution in [0, 0.1) is 17.0 Å². The molecule has 2 rings (SSSR count). The van der Waals surface area contributed by atoms with Gasteiger partial charge in [-0.2, -0.15) is 4.31 Å². The SMILES string of the molecule is CCN(Cc1ccccc1)S(=O)(=O)c1cc(Cl)c(C)c([N+](=O)[O-])c1. The average molecular weight is 369 g/mol. The summed E-state index contributed by atoms with van der Waals surface area (Å²) in [6, 6.07) is 11.5. The van der Waals surface area contributed by atoms with Crippen molar-refractivity contribution in [1.82, 2.24) is 4.31 Å². The van der Waals surface area contributed by atoms with Crippen LogP contribution in [0.1, 0.15) is 18.1 Å². The molecule has 0 aliphatic rings. The van der Waals surface area contributed by atoms with Crippen LogP contribution in [0.4, 0.5) is 5.69 Å². The van der Waals surface area contributed by atoms with Crippen molar-refractivity contribution in [3.05, 3.63) is 68.7 Å². The normalized spacial score (nSPS) is 11.7. The highest BCUT2D eigenvalue weighted by Gasteiger charge is 2.27. The molecular formula is C16H17ClN2O4S. The largest absolute Gasteiger partial charge is 0.275 e. The molecule has 6 nitrogen and oxygen atoms in total. The summed E-state index contributed by atoms with van der Waals surface area (Å²) in [5.41, 5.74) is 0.763. The van der Waals surface area contributed by atoms with E-state index in [4.69, 9.17) is 11.6 Å². The standard InChI is InChI=1S/C16H17ClN2O4S/c1-3-18(11-13-7-5-4-6-8-13)24(22,23)14-9-15(17)12(2)16(10-14)19(20)21/h4-10H,3,11H2,1-2H3. The highest BCUT2D eigenvalue weighted by Crippen LogP contribution is 2.31. The molecule has 0 radical (unpaired) electrons. The van der Waals surface area contributed by atoms with Crippen molar-refractivity contribution in [3.63, 3.8) is 0 Å². The van der Waals surface area contributed by atoms with Gasteiger partial charge < -0.3 is 0 Å². The maximum atomic E-state index is 12.9. The van der Waals surface area contributed by atoms with Crippen LogP contribution in [0.5, 0.6) is 0 Å². The van der Waals surface area contributed by atoms with E-state index in [1.165, 1.54) is 17.3 Å². The minimum Gasteiger partial charge on any atom is -0.258 e. The molecule has 0 aromatic heterocycles. The second-order valence-corrected chi connectivity index (χ2v) is 7.57. The van der Waals surface area contributed by atoms with Crippen LogP contribution in [0.3, 0.4) is 0 Å². The summed E-state index contributed by atoms with van der Waals surface area (Å²) in [4.78, 5) is 10.3. The molecule has 8 heteroatoms. The van der Waals surface area contributed by atoms with E-state index in [1.54, 1.807) is 6.92 Å². The summed E-state index contributed by atoms with van der Waals surface area (Å²) < 4.78 is 27.0. The van der Waals surface area contributed by atoms with Crippen molar-refractivity contribution in [2.24, 2.45) is 0 Å². The van der Waals surface area contributed by atoms with Gasteiger partial charge in [0.1, 0.15) is 0 Å². The molecule has 0 saturated heterocycles. The number of halogens is 1. The van der Waals surface area contributed by atoms with Gasteiger partial charge in [-0.25, -0.2) is 8.42 Å². The molecular weight excluding hydrogens is 352 g/mol. The van der Waals surface area contributed by atoms with Crippen LogP contribution in [0.2, 0.25) is 5.02 Å². The fourth-order valence-electron chi connectivity index (χ4n) is 2.28. The third kappa shape index (κ3) is 3.75. The Labute approximate surface area is 145 Å². The Hall–Kier alpha value is -1.96. The van der Waals surface area contributed by atoms with E-state index in [-0.39, 0.29) is 34.3 Å². The summed E-state index contributed by atoms with van der Waals surface area (Å²) in [5.74, 6) is 0. The Morgan fingerprint density at radius 3 is 2.38 bits per heavy atom. The molecule has 24 heavy (non-hydrogen) atoms. The third-order valence-electron chi connectivity index (χ3n) is 3.68. The van der Waals surface area contributed by atoms with Crippen molar-refractivity contribution >= 4 is 27.3 Å². The second kappa shape index (κ2) is 7.29. The van der Waals surface area contributed by atoms with Crippen molar-refractivity contribution in [3.8, 4) is 0 Å². The zero-order chi connectivity index (χ0) is 17.9. The van der Waals surface area contributed by atoms with Crippen LogP contribution in [-0.4, -0.2) is 24.2 Å². The van der Waals surface area contributed by atoms with E-state index >= 15 is 0 Å². The van der Waals surface area contributed by atoms with Gasteiger partial charge in [0, 0.05) is 24.7 Å². The van der Waals surface area contributed by atoms with E-state index in [0.29, 0.717) is 0 Å². The third-order valence-corrected chi connectivity index (χ3v) is 5.97. The summed E-state index contributed by atoms with van der Waals surface area (Å²) in [7, 11) is -3.90. The van der Waals surface area contributed by atoms with Crippen molar-refractivity contribution in [2.45, 2.75) is 25.3 Å². The number of rotatable bonds is 6. The van der Waals surface area contributed by atoms with Gasteiger partial charge in [0.2, 0.25) is 10.0 Å². The molecule has 0 saturated carbocycles. The predicted octanol–water partition coefficient (Wildman–Crippen LogP) is 3.77. The number of nitro benzene ring substituents is 1. The zero-order valence-corrected chi connectivity index (χ0v) is 14.8. The fourth-order valence-corrected chi connectivity index (χ4v) is 4.05. The van der Waals surface area contributed by atoms with Gasteiger partial charge in [-0.15, -0.1) is 0 Å². The summed E-state index contributed by atoms with van der Waals surface area (Å²) in [5, 5.41) is 11.2. The van der Waals surface area contributed by atoms with Crippen molar-refractivity contribution in [2.75, 3.05) is 6.54 Å². The van der Waals surface area contributed by atoms with E-state index in [0.717, 1.165) is 11.6 Å². The minimum absolute atomic E-state index is 0.0542. The van der Waals surface area contributed by atoms with Crippen molar-refractivity contribution < 1.29 is 13.3 Å². The summed E-state index contributed by atoms with van der Waals surface area (Å²) in [6.07, 6.45) is 0. The number of benzene rings is 2. The lowest BCUT2D eigenvalue weighted by Gasteiger charge is -2.21. The highest BCUT2D eigenvalue weighted by atomic mass is 35.5. The molecule has 2 aromatic carbocycles. The Balaban J connectivity index is 2.46. The van der Waals surface area contributed by atoms with E-state index in [2.05, 4.69) is 0 Å². The lowest BCUT2D eigenvalue weighted by atomic mass is 10.2. The second-order valence-electron chi connectivity index (χ2n) is 5.22. The molecule has 0 aliphatic heterocycles. The monoisotopic (exact) mass is 368 g/mol. The van der Waals surface area contributed by atoms with Gasteiger partial charge >= 0.3 is 0 Å². The van der Waals surface area contributed by atoms with E-state index < -0.39 is 14.9 Å². The Morgan fingerprint density at radius 2 is 1.83 bits per heavy atom. The number of nitro groups is 1. The zero-order valence-electron chi connectivity index (χ0n) is 13.3. The average Bonchev–Trinajstić information content (AvgIpc) is 2.55. The first kappa shape index (κ1) is 18.4. The number of hydrogen-bond donors (Lipinski definition) is 0. The van der Waals surface area contributed by atoms with Gasteiger partial charge in [0.25, 0.3) is 5.69 Å². The van der Waals surface area contributed by atoms with Gasteiger partial charge in [-0.3, -0.25) is 10.1 Å². The first-order valence-corrected chi connectivity index (χ1v) is 9.07. The predicted molar refractivity (Wildman–Crippen MR) is 92.6 cm³/mol. The molecule has 0 spiro atoms. The minimum atomic E-state index is -3.90. The molecule has 128 valence electrons. The molecule has 0 atom stereocenters. The van der Waals surface area contributed by atoms with E-state index in [1.807, 2.05) is 30.3 Å². The topological polar surface area (TPSA) is 80.5 Å². The van der Waals surface area contributed by atoms with Crippen LogP contribution >= 0.6 is 11.6 Å². The maximum absolute atomic E-state index is 12.9. The molecule has 0 unspecified atom stereocenters. The van der Waals surface area contributed by atoms with Crippen LogP contribution in [0.15, 0.2) is 47.4 Å². The Bertz CT molecular complexity index is 854. The lowest BCUT2D eigenvalue weighted by Crippen LogP contribution is -2.30.